The highest BCUT2D eigenvalue weighted by molar-refractivity contribution is 6.35. The number of carbonyl (C=O) groups is 2. The Bertz CT molecular complexity index is 1200. The topological polar surface area (TPSA) is 61.8 Å². The number of rotatable bonds is 4. The first-order valence-corrected chi connectivity index (χ1v) is 9.60. The van der Waals surface area contributed by atoms with E-state index in [0.717, 1.165) is 0 Å². The van der Waals surface area contributed by atoms with Crippen LogP contribution in [0, 0.1) is 0 Å². The molecule has 0 spiro atoms. The minimum absolute atomic E-state index is 0.113. The number of Topliss-reactive ketones (excluding diaryl/α,β-unsaturated/α-hetero) is 1. The number of methoxy groups -OCH3 is 1. The van der Waals surface area contributed by atoms with Crippen LogP contribution < -0.4 is 14.2 Å². The van der Waals surface area contributed by atoms with Gasteiger partial charge in [-0.2, -0.15) is 0 Å². The fraction of sp³-hybridized carbons (Fsp3) is 0.0435. The van der Waals surface area contributed by atoms with Crippen LogP contribution in [-0.4, -0.2) is 18.9 Å². The van der Waals surface area contributed by atoms with Gasteiger partial charge in [-0.3, -0.25) is 4.79 Å². The highest BCUT2D eigenvalue weighted by Gasteiger charge is 2.28. The van der Waals surface area contributed by atoms with Crippen molar-refractivity contribution in [3.8, 4) is 17.2 Å². The predicted molar refractivity (Wildman–Crippen MR) is 114 cm³/mol. The van der Waals surface area contributed by atoms with E-state index >= 15 is 0 Å². The van der Waals surface area contributed by atoms with E-state index in [1.165, 1.54) is 19.2 Å². The van der Waals surface area contributed by atoms with Gasteiger partial charge in [0.25, 0.3) is 0 Å². The lowest BCUT2D eigenvalue weighted by atomic mass is 10.1. The van der Waals surface area contributed by atoms with E-state index in [0.29, 0.717) is 32.7 Å². The molecular formula is C23H14Cl2O5. The molecule has 0 saturated heterocycles. The average molecular weight is 441 g/mol. The number of ketones is 1. The van der Waals surface area contributed by atoms with Crippen molar-refractivity contribution in [2.75, 3.05) is 7.11 Å². The number of halogens is 2. The lowest BCUT2D eigenvalue weighted by Gasteiger charge is -2.08. The maximum atomic E-state index is 12.6. The summed E-state index contributed by atoms with van der Waals surface area (Å²) >= 11 is 12.1. The van der Waals surface area contributed by atoms with Gasteiger partial charge in [-0.25, -0.2) is 4.79 Å². The van der Waals surface area contributed by atoms with Crippen molar-refractivity contribution in [1.82, 2.24) is 0 Å². The molecule has 0 aliphatic carbocycles. The maximum absolute atomic E-state index is 12.6. The van der Waals surface area contributed by atoms with E-state index < -0.39 is 5.97 Å². The first-order chi connectivity index (χ1) is 14.5. The van der Waals surface area contributed by atoms with E-state index in [1.807, 2.05) is 0 Å². The summed E-state index contributed by atoms with van der Waals surface area (Å²) in [6.07, 6.45) is 1.54. The highest BCUT2D eigenvalue weighted by Crippen LogP contribution is 2.36. The molecule has 4 rings (SSSR count). The Hall–Kier alpha value is -3.28. The normalized spacial score (nSPS) is 13.7. The number of fused-ring (bicyclic) bond motifs is 1. The summed E-state index contributed by atoms with van der Waals surface area (Å²) in [5, 5.41) is 0.888. The van der Waals surface area contributed by atoms with Crippen LogP contribution in [0.4, 0.5) is 0 Å². The zero-order chi connectivity index (χ0) is 21.3. The minimum Gasteiger partial charge on any atom is -0.496 e. The number of carbonyl (C=O) groups excluding carboxylic acids is 2. The second-order valence-corrected chi connectivity index (χ2v) is 7.20. The molecule has 0 N–H and O–H groups in total. The van der Waals surface area contributed by atoms with Gasteiger partial charge >= 0.3 is 5.97 Å². The summed E-state index contributed by atoms with van der Waals surface area (Å²) < 4.78 is 16.3. The van der Waals surface area contributed by atoms with Crippen LogP contribution >= 0.6 is 23.2 Å². The Balaban J connectivity index is 1.58. The fourth-order valence-electron chi connectivity index (χ4n) is 2.97. The highest BCUT2D eigenvalue weighted by atomic mass is 35.5. The molecule has 3 aromatic rings. The number of hydrogen-bond acceptors (Lipinski definition) is 5. The van der Waals surface area contributed by atoms with Gasteiger partial charge in [-0.15, -0.1) is 0 Å². The first-order valence-electron chi connectivity index (χ1n) is 8.85. The number of benzene rings is 3. The molecule has 1 heterocycles. The van der Waals surface area contributed by atoms with E-state index in [2.05, 4.69) is 0 Å². The van der Waals surface area contributed by atoms with Gasteiger partial charge in [0, 0.05) is 16.1 Å². The largest absolute Gasteiger partial charge is 0.496 e. The fourth-order valence-corrected chi connectivity index (χ4v) is 3.43. The van der Waals surface area contributed by atoms with Crippen LogP contribution in [0.2, 0.25) is 10.0 Å². The maximum Gasteiger partial charge on any atom is 0.347 e. The molecule has 3 aromatic carbocycles. The molecule has 0 atom stereocenters. The molecule has 30 heavy (non-hydrogen) atoms. The van der Waals surface area contributed by atoms with Gasteiger partial charge in [0.2, 0.25) is 5.78 Å². The quantitative estimate of drug-likeness (QED) is 0.289. The third-order valence-electron chi connectivity index (χ3n) is 4.43. The van der Waals surface area contributed by atoms with Gasteiger partial charge < -0.3 is 14.2 Å². The smallest absolute Gasteiger partial charge is 0.347 e. The van der Waals surface area contributed by atoms with E-state index in [1.54, 1.807) is 54.6 Å². The molecule has 0 saturated carbocycles. The number of para-hydroxylation sites is 1. The number of allylic oxidation sites excluding steroid dienone is 1. The summed E-state index contributed by atoms with van der Waals surface area (Å²) in [6, 6.07) is 16.2. The second-order valence-electron chi connectivity index (χ2n) is 6.35. The lowest BCUT2D eigenvalue weighted by Crippen LogP contribution is -2.10. The Morgan fingerprint density at radius 3 is 2.60 bits per heavy atom. The summed E-state index contributed by atoms with van der Waals surface area (Å²) in [5.74, 6) is 0.173. The van der Waals surface area contributed by atoms with Gasteiger partial charge in [-0.05, 0) is 48.0 Å². The summed E-state index contributed by atoms with van der Waals surface area (Å²) in [5.41, 5.74) is 1.25. The van der Waals surface area contributed by atoms with Crippen molar-refractivity contribution in [3.05, 3.63) is 93.2 Å². The molecule has 0 radical (unpaired) electrons. The SMILES string of the molecule is COc1ccccc1C(=O)Oc1ccc2c(c1)O/C(=C\c1ccc(Cl)cc1Cl)C2=O. The van der Waals surface area contributed by atoms with Crippen LogP contribution in [0.1, 0.15) is 26.3 Å². The van der Waals surface area contributed by atoms with Gasteiger partial charge in [0.1, 0.15) is 22.8 Å². The molecule has 150 valence electrons. The number of hydrogen-bond donors (Lipinski definition) is 0. The van der Waals surface area contributed by atoms with E-state index in [4.69, 9.17) is 37.4 Å². The molecule has 1 aliphatic rings. The Morgan fingerprint density at radius 2 is 1.83 bits per heavy atom. The zero-order valence-corrected chi connectivity index (χ0v) is 17.2. The second kappa shape index (κ2) is 8.22. The molecule has 1 aliphatic heterocycles. The van der Waals surface area contributed by atoms with Gasteiger partial charge in [0.15, 0.2) is 5.76 Å². The van der Waals surface area contributed by atoms with Crippen LogP contribution in [-0.2, 0) is 0 Å². The Morgan fingerprint density at radius 1 is 1.03 bits per heavy atom. The third kappa shape index (κ3) is 3.90. The van der Waals surface area contributed by atoms with Crippen LogP contribution in [0.15, 0.2) is 66.4 Å². The molecule has 0 unspecified atom stereocenters. The standard InChI is InChI=1S/C23H14Cl2O5/c1-28-19-5-3-2-4-17(19)23(27)29-15-8-9-16-20(12-15)30-21(22(16)26)10-13-6-7-14(24)11-18(13)25/h2-12H,1H3/b21-10-. The number of ether oxygens (including phenoxy) is 3. The van der Waals surface area contributed by atoms with Gasteiger partial charge in [-0.1, -0.05) is 41.4 Å². The monoisotopic (exact) mass is 440 g/mol. The first kappa shape index (κ1) is 20.0. The zero-order valence-electron chi connectivity index (χ0n) is 15.6. The minimum atomic E-state index is -0.583. The third-order valence-corrected chi connectivity index (χ3v) is 4.99. The van der Waals surface area contributed by atoms with E-state index in [-0.39, 0.29) is 22.9 Å². The Labute approximate surface area is 182 Å². The van der Waals surface area contributed by atoms with Crippen LogP contribution in [0.5, 0.6) is 17.2 Å². The molecule has 0 amide bonds. The summed E-state index contributed by atoms with van der Waals surface area (Å²) in [7, 11) is 1.47. The lowest BCUT2D eigenvalue weighted by molar-refractivity contribution is 0.0731. The average Bonchev–Trinajstić information content (AvgIpc) is 3.04. The van der Waals surface area contributed by atoms with Crippen molar-refractivity contribution >= 4 is 41.0 Å². The molecular weight excluding hydrogens is 427 g/mol. The molecule has 0 bridgehead atoms. The van der Waals surface area contributed by atoms with Crippen molar-refractivity contribution in [1.29, 1.82) is 0 Å². The van der Waals surface area contributed by atoms with Gasteiger partial charge in [0.05, 0.1) is 12.7 Å². The predicted octanol–water partition coefficient (Wildman–Crippen LogP) is 5.84. The van der Waals surface area contributed by atoms with Crippen molar-refractivity contribution < 1.29 is 23.8 Å². The summed E-state index contributed by atoms with van der Waals surface area (Å²) in [4.78, 5) is 25.1. The van der Waals surface area contributed by atoms with Crippen molar-refractivity contribution in [2.45, 2.75) is 0 Å². The van der Waals surface area contributed by atoms with Crippen LogP contribution in [0.25, 0.3) is 6.08 Å². The van der Waals surface area contributed by atoms with Crippen molar-refractivity contribution in [2.24, 2.45) is 0 Å². The van der Waals surface area contributed by atoms with E-state index in [9.17, 15) is 9.59 Å². The summed E-state index contributed by atoms with van der Waals surface area (Å²) in [6.45, 7) is 0. The molecule has 7 heteroatoms. The molecule has 0 fully saturated rings. The van der Waals surface area contributed by atoms with Crippen LogP contribution in [0.3, 0.4) is 0 Å². The van der Waals surface area contributed by atoms with Crippen molar-refractivity contribution in [3.63, 3.8) is 0 Å². The Kier molecular flexibility index (Phi) is 5.48. The molecule has 0 aromatic heterocycles. The number of esters is 1. The molecule has 5 nitrogen and oxygen atoms in total.